The lowest BCUT2D eigenvalue weighted by Gasteiger charge is -2.48. The molecule has 0 aliphatic carbocycles. The average molecular weight is 518 g/mol. The minimum absolute atomic E-state index is 0.0667. The van der Waals surface area contributed by atoms with Crippen LogP contribution in [0.3, 0.4) is 0 Å². The van der Waals surface area contributed by atoms with E-state index in [2.05, 4.69) is 15.3 Å². The number of aryl methyl sites for hydroxylation is 1. The van der Waals surface area contributed by atoms with Gasteiger partial charge in [-0.15, -0.1) is 0 Å². The Morgan fingerprint density at radius 1 is 1.22 bits per heavy atom. The Kier molecular flexibility index (Phi) is 6.35. The molecule has 0 spiro atoms. The van der Waals surface area contributed by atoms with Crippen molar-refractivity contribution in [3.63, 3.8) is 0 Å². The van der Waals surface area contributed by atoms with Crippen molar-refractivity contribution in [1.29, 1.82) is 0 Å². The third-order valence-corrected chi connectivity index (χ3v) is 6.80. The Bertz CT molecular complexity index is 1350. The monoisotopic (exact) mass is 518 g/mol. The lowest BCUT2D eigenvalue weighted by molar-refractivity contribution is -0.141. The Balaban J connectivity index is 1.45. The summed E-state index contributed by atoms with van der Waals surface area (Å²) in [5.41, 5.74) is 0.460. The normalized spacial score (nSPS) is 21.2. The van der Waals surface area contributed by atoms with E-state index in [0.29, 0.717) is 36.0 Å². The van der Waals surface area contributed by atoms with E-state index < -0.39 is 36.2 Å². The number of ether oxygens (including phenoxy) is 1. The molecule has 6 nitrogen and oxygen atoms in total. The van der Waals surface area contributed by atoms with Gasteiger partial charge in [-0.1, -0.05) is 12.1 Å². The number of aromatic nitrogens is 2. The third kappa shape index (κ3) is 4.75. The Labute approximate surface area is 209 Å². The van der Waals surface area contributed by atoms with Crippen molar-refractivity contribution in [3.8, 4) is 11.1 Å². The predicted octanol–water partition coefficient (Wildman–Crippen LogP) is 5.16. The molecule has 0 unspecified atom stereocenters. The van der Waals surface area contributed by atoms with E-state index in [1.165, 1.54) is 12.3 Å². The number of carbonyl (C=O) groups excluding carboxylic acids is 1. The van der Waals surface area contributed by atoms with Crippen LogP contribution in [-0.2, 0) is 17.3 Å². The molecule has 11 heteroatoms. The highest BCUT2D eigenvalue weighted by Crippen LogP contribution is 2.42. The summed E-state index contributed by atoms with van der Waals surface area (Å²) in [4.78, 5) is 22.1. The van der Waals surface area contributed by atoms with Gasteiger partial charge in [-0.05, 0) is 42.3 Å². The number of benzene rings is 1. The van der Waals surface area contributed by atoms with Crippen LogP contribution in [0.5, 0.6) is 0 Å². The van der Waals surface area contributed by atoms with E-state index in [-0.39, 0.29) is 24.3 Å². The minimum Gasteiger partial charge on any atom is -0.377 e. The fraction of sp³-hybridized carbons (Fsp3) is 0.346. The van der Waals surface area contributed by atoms with Crippen LogP contribution in [-0.4, -0.2) is 54.0 Å². The summed E-state index contributed by atoms with van der Waals surface area (Å²) in [7, 11) is 0. The van der Waals surface area contributed by atoms with Crippen LogP contribution < -0.4 is 10.2 Å². The van der Waals surface area contributed by atoms with Gasteiger partial charge in [0, 0.05) is 41.7 Å². The molecular weight excluding hydrogens is 495 g/mol. The van der Waals surface area contributed by atoms with Crippen molar-refractivity contribution < 1.29 is 31.5 Å². The van der Waals surface area contributed by atoms with Gasteiger partial charge in [0.1, 0.15) is 12.4 Å². The number of rotatable bonds is 4. The number of hydrogen-bond acceptors (Lipinski definition) is 5. The standard InChI is InChI=1S/C26H23F5N4O2/c1-15-20(10-19(12-33-15)34-24(36)17-4-5-32-22(9-17)26(29,30)31)16-2-3-18-11-25(28,14-27)23-13-37-7-6-35(23)21(18)8-16/h2-5,8-10,12,23H,6-7,11,13-14H2,1H3,(H,34,36)/t23-,25+/m0/s1. The van der Waals surface area contributed by atoms with Crippen LogP contribution in [0.4, 0.5) is 33.3 Å². The molecule has 1 saturated heterocycles. The molecule has 0 saturated carbocycles. The molecule has 2 aliphatic rings. The van der Waals surface area contributed by atoms with Crippen LogP contribution in [0.2, 0.25) is 0 Å². The first-order valence-corrected chi connectivity index (χ1v) is 11.6. The highest BCUT2D eigenvalue weighted by atomic mass is 19.4. The molecule has 4 heterocycles. The molecule has 3 aromatic rings. The molecule has 37 heavy (non-hydrogen) atoms. The molecule has 5 rings (SSSR count). The van der Waals surface area contributed by atoms with Crippen molar-refractivity contribution in [3.05, 3.63) is 71.3 Å². The summed E-state index contributed by atoms with van der Waals surface area (Å²) in [5.74, 6) is -0.739. The van der Waals surface area contributed by atoms with E-state index in [9.17, 15) is 22.4 Å². The first-order valence-electron chi connectivity index (χ1n) is 11.6. The fourth-order valence-electron chi connectivity index (χ4n) is 4.86. The lowest BCUT2D eigenvalue weighted by atomic mass is 9.82. The van der Waals surface area contributed by atoms with Crippen molar-refractivity contribution in [1.82, 2.24) is 9.97 Å². The summed E-state index contributed by atoms with van der Waals surface area (Å²) in [6, 6.07) is 8.25. The van der Waals surface area contributed by atoms with Gasteiger partial charge in [-0.2, -0.15) is 13.2 Å². The second-order valence-corrected chi connectivity index (χ2v) is 9.21. The Hall–Kier alpha value is -3.60. The molecule has 2 aliphatic heterocycles. The zero-order valence-corrected chi connectivity index (χ0v) is 19.8. The number of halogens is 5. The SMILES string of the molecule is Cc1ncc(NC(=O)c2ccnc(C(F)(F)F)c2)cc1-c1ccc2c(c1)N1CCOC[C@H]1[C@](F)(CF)C2. The molecule has 1 N–H and O–H groups in total. The Morgan fingerprint density at radius 2 is 2.03 bits per heavy atom. The summed E-state index contributed by atoms with van der Waals surface area (Å²) in [5, 5.41) is 2.59. The van der Waals surface area contributed by atoms with Crippen molar-refractivity contribution >= 4 is 17.3 Å². The fourth-order valence-corrected chi connectivity index (χ4v) is 4.86. The summed E-state index contributed by atoms with van der Waals surface area (Å²) >= 11 is 0. The smallest absolute Gasteiger partial charge is 0.377 e. The first-order chi connectivity index (χ1) is 17.6. The number of carbonyl (C=O) groups is 1. The average Bonchev–Trinajstić information content (AvgIpc) is 2.89. The topological polar surface area (TPSA) is 67.4 Å². The number of pyridine rings is 2. The maximum atomic E-state index is 15.4. The molecular formula is C26H23F5N4O2. The van der Waals surface area contributed by atoms with Gasteiger partial charge < -0.3 is 15.0 Å². The third-order valence-electron chi connectivity index (χ3n) is 6.80. The minimum atomic E-state index is -4.67. The largest absolute Gasteiger partial charge is 0.433 e. The van der Waals surface area contributed by atoms with Crippen LogP contribution in [0.25, 0.3) is 11.1 Å². The van der Waals surface area contributed by atoms with Gasteiger partial charge in [0.2, 0.25) is 0 Å². The van der Waals surface area contributed by atoms with E-state index in [4.69, 9.17) is 4.74 Å². The van der Waals surface area contributed by atoms with E-state index in [0.717, 1.165) is 17.4 Å². The second kappa shape index (κ2) is 9.37. The van der Waals surface area contributed by atoms with Crippen molar-refractivity contribution in [2.24, 2.45) is 0 Å². The van der Waals surface area contributed by atoms with Gasteiger partial charge in [-0.25, -0.2) is 8.78 Å². The quantitative estimate of drug-likeness (QED) is 0.484. The van der Waals surface area contributed by atoms with E-state index in [1.807, 2.05) is 11.0 Å². The number of fused-ring (bicyclic) bond motifs is 3. The molecule has 1 amide bonds. The van der Waals surface area contributed by atoms with Gasteiger partial charge >= 0.3 is 6.18 Å². The van der Waals surface area contributed by atoms with E-state index >= 15 is 4.39 Å². The van der Waals surface area contributed by atoms with Gasteiger partial charge in [0.05, 0.1) is 31.1 Å². The summed E-state index contributed by atoms with van der Waals surface area (Å²) < 4.78 is 73.5. The molecule has 0 radical (unpaired) electrons. The van der Waals surface area contributed by atoms with Gasteiger partial charge in [0.15, 0.2) is 5.67 Å². The van der Waals surface area contributed by atoms with Crippen LogP contribution in [0.1, 0.15) is 27.3 Å². The number of nitrogens with zero attached hydrogens (tertiary/aromatic N) is 3. The lowest BCUT2D eigenvalue weighted by Crippen LogP contribution is -2.61. The summed E-state index contributed by atoms with van der Waals surface area (Å²) in [6.07, 6.45) is -2.40. The highest BCUT2D eigenvalue weighted by Gasteiger charge is 2.48. The summed E-state index contributed by atoms with van der Waals surface area (Å²) in [6.45, 7) is 1.59. The molecule has 1 aromatic carbocycles. The predicted molar refractivity (Wildman–Crippen MR) is 127 cm³/mol. The zero-order chi connectivity index (χ0) is 26.4. The maximum Gasteiger partial charge on any atom is 0.433 e. The number of hydrogen-bond donors (Lipinski definition) is 1. The molecule has 2 aromatic heterocycles. The number of morpholine rings is 1. The van der Waals surface area contributed by atoms with Crippen molar-refractivity contribution in [2.75, 3.05) is 36.6 Å². The molecule has 1 fully saturated rings. The van der Waals surface area contributed by atoms with E-state index in [1.54, 1.807) is 25.1 Å². The number of alkyl halides is 5. The Morgan fingerprint density at radius 3 is 2.78 bits per heavy atom. The number of nitrogens with one attached hydrogen (secondary N) is 1. The second-order valence-electron chi connectivity index (χ2n) is 9.21. The highest BCUT2D eigenvalue weighted by molar-refractivity contribution is 6.04. The van der Waals surface area contributed by atoms with Gasteiger partial charge in [-0.3, -0.25) is 14.8 Å². The van der Waals surface area contributed by atoms with Crippen molar-refractivity contribution in [2.45, 2.75) is 31.2 Å². The molecule has 194 valence electrons. The molecule has 0 bridgehead atoms. The zero-order valence-electron chi connectivity index (χ0n) is 19.8. The van der Waals surface area contributed by atoms with Gasteiger partial charge in [0.25, 0.3) is 5.91 Å². The van der Waals surface area contributed by atoms with Crippen LogP contribution in [0, 0.1) is 6.92 Å². The maximum absolute atomic E-state index is 15.4. The number of anilines is 2. The van der Waals surface area contributed by atoms with Crippen LogP contribution >= 0.6 is 0 Å². The molecule has 2 atom stereocenters. The first kappa shape index (κ1) is 25.1. The number of amides is 1. The van der Waals surface area contributed by atoms with Crippen LogP contribution in [0.15, 0.2) is 48.8 Å².